The Morgan fingerprint density at radius 1 is 0.724 bits per heavy atom. The third-order valence-electron chi connectivity index (χ3n) is 5.54. The standard InChI is InChI=1S/C27H24F2/c1-2-3-4-5-6-19-9-12-24-22(15-19)18-23-16-20(10-13-25(23)24)7-8-21-11-14-26(28)27(29)17-21/h9-17H,2-6,18H2,1H3. The quantitative estimate of drug-likeness (QED) is 0.254. The van der Waals surface area contributed by atoms with Gasteiger partial charge in [0.2, 0.25) is 0 Å². The molecule has 3 aromatic carbocycles. The molecule has 0 N–H and O–H groups in total. The third kappa shape index (κ3) is 4.40. The molecule has 3 aromatic rings. The van der Waals surface area contributed by atoms with Gasteiger partial charge in [-0.15, -0.1) is 0 Å². The molecule has 0 bridgehead atoms. The molecule has 0 spiro atoms. The van der Waals surface area contributed by atoms with E-state index in [1.54, 1.807) is 0 Å². The number of unbranched alkanes of at least 4 members (excludes halogenated alkanes) is 3. The van der Waals surface area contributed by atoms with Crippen molar-refractivity contribution in [3.63, 3.8) is 0 Å². The summed E-state index contributed by atoms with van der Waals surface area (Å²) >= 11 is 0. The van der Waals surface area contributed by atoms with Crippen molar-refractivity contribution < 1.29 is 8.78 Å². The summed E-state index contributed by atoms with van der Waals surface area (Å²) in [7, 11) is 0. The summed E-state index contributed by atoms with van der Waals surface area (Å²) in [4.78, 5) is 0. The first kappa shape index (κ1) is 19.4. The number of rotatable bonds is 5. The van der Waals surface area contributed by atoms with Crippen LogP contribution in [0.4, 0.5) is 8.78 Å². The maximum Gasteiger partial charge on any atom is 0.160 e. The van der Waals surface area contributed by atoms with Gasteiger partial charge in [0, 0.05) is 11.1 Å². The van der Waals surface area contributed by atoms with Crippen LogP contribution in [0.15, 0.2) is 54.6 Å². The lowest BCUT2D eigenvalue weighted by Crippen LogP contribution is -1.89. The van der Waals surface area contributed by atoms with Gasteiger partial charge in [-0.3, -0.25) is 0 Å². The minimum atomic E-state index is -0.869. The molecule has 4 rings (SSSR count). The highest BCUT2D eigenvalue weighted by atomic mass is 19.2. The minimum Gasteiger partial charge on any atom is -0.204 e. The monoisotopic (exact) mass is 386 g/mol. The zero-order chi connectivity index (χ0) is 20.2. The molecule has 29 heavy (non-hydrogen) atoms. The Labute approximate surface area is 171 Å². The van der Waals surface area contributed by atoms with Crippen LogP contribution in [0.2, 0.25) is 0 Å². The lowest BCUT2D eigenvalue weighted by molar-refractivity contribution is 0.508. The highest BCUT2D eigenvalue weighted by Crippen LogP contribution is 2.37. The van der Waals surface area contributed by atoms with Gasteiger partial charge in [0.1, 0.15) is 0 Å². The fourth-order valence-electron chi connectivity index (χ4n) is 3.97. The molecule has 0 aromatic heterocycles. The summed E-state index contributed by atoms with van der Waals surface area (Å²) in [5, 5.41) is 0. The molecule has 0 saturated carbocycles. The van der Waals surface area contributed by atoms with Crippen LogP contribution in [0.1, 0.15) is 60.4 Å². The Morgan fingerprint density at radius 3 is 2.17 bits per heavy atom. The number of aryl methyl sites for hydroxylation is 1. The van der Waals surface area contributed by atoms with Gasteiger partial charge in [-0.25, -0.2) is 8.78 Å². The predicted molar refractivity (Wildman–Crippen MR) is 115 cm³/mol. The Hall–Kier alpha value is -2.92. The van der Waals surface area contributed by atoms with Crippen LogP contribution in [0, 0.1) is 23.5 Å². The van der Waals surface area contributed by atoms with E-state index >= 15 is 0 Å². The normalized spacial score (nSPS) is 11.6. The van der Waals surface area contributed by atoms with E-state index in [1.807, 2.05) is 6.07 Å². The van der Waals surface area contributed by atoms with Crippen molar-refractivity contribution in [2.75, 3.05) is 0 Å². The maximum absolute atomic E-state index is 13.3. The lowest BCUT2D eigenvalue weighted by Gasteiger charge is -2.05. The minimum absolute atomic E-state index is 0.473. The van der Waals surface area contributed by atoms with Crippen molar-refractivity contribution in [3.05, 3.63) is 94.0 Å². The number of fused-ring (bicyclic) bond motifs is 3. The van der Waals surface area contributed by atoms with E-state index in [-0.39, 0.29) is 0 Å². The molecule has 0 saturated heterocycles. The van der Waals surface area contributed by atoms with E-state index in [2.05, 4.69) is 49.1 Å². The molecule has 0 amide bonds. The summed E-state index contributed by atoms with van der Waals surface area (Å²) in [5.74, 6) is 4.28. The van der Waals surface area contributed by atoms with Crippen LogP contribution in [-0.2, 0) is 12.8 Å². The first-order valence-corrected chi connectivity index (χ1v) is 10.4. The largest absolute Gasteiger partial charge is 0.204 e. The second-order valence-corrected chi connectivity index (χ2v) is 7.73. The number of hydrogen-bond donors (Lipinski definition) is 0. The van der Waals surface area contributed by atoms with Crippen molar-refractivity contribution in [2.45, 2.75) is 45.4 Å². The van der Waals surface area contributed by atoms with E-state index in [1.165, 1.54) is 59.6 Å². The number of halogens is 2. The molecule has 0 aliphatic heterocycles. The molecule has 146 valence electrons. The molecular weight excluding hydrogens is 362 g/mol. The van der Waals surface area contributed by atoms with Crippen molar-refractivity contribution in [3.8, 4) is 23.0 Å². The first-order chi connectivity index (χ1) is 14.1. The zero-order valence-corrected chi connectivity index (χ0v) is 16.7. The van der Waals surface area contributed by atoms with Gasteiger partial charge < -0.3 is 0 Å². The van der Waals surface area contributed by atoms with E-state index in [0.717, 1.165) is 30.5 Å². The van der Waals surface area contributed by atoms with Gasteiger partial charge in [0.15, 0.2) is 11.6 Å². The van der Waals surface area contributed by atoms with E-state index in [9.17, 15) is 8.78 Å². The van der Waals surface area contributed by atoms with Crippen LogP contribution in [0.25, 0.3) is 11.1 Å². The number of hydrogen-bond acceptors (Lipinski definition) is 0. The fraction of sp³-hybridized carbons (Fsp3) is 0.259. The molecule has 0 heterocycles. The van der Waals surface area contributed by atoms with Crippen molar-refractivity contribution in [1.82, 2.24) is 0 Å². The van der Waals surface area contributed by atoms with Crippen LogP contribution in [0.3, 0.4) is 0 Å². The SMILES string of the molecule is CCCCCCc1ccc2c(c1)Cc1cc(C#Cc3ccc(F)c(F)c3)ccc1-2. The van der Waals surface area contributed by atoms with Gasteiger partial charge in [-0.2, -0.15) is 0 Å². The van der Waals surface area contributed by atoms with E-state index in [0.29, 0.717) is 5.56 Å². The van der Waals surface area contributed by atoms with Crippen molar-refractivity contribution in [1.29, 1.82) is 0 Å². The summed E-state index contributed by atoms with van der Waals surface area (Å²) in [6.45, 7) is 2.24. The Bertz CT molecular complexity index is 1100. The highest BCUT2D eigenvalue weighted by Gasteiger charge is 2.18. The molecule has 1 aliphatic rings. The van der Waals surface area contributed by atoms with Gasteiger partial charge in [-0.1, -0.05) is 62.3 Å². The number of benzene rings is 3. The summed E-state index contributed by atoms with van der Waals surface area (Å²) in [5.41, 5.74) is 8.04. The summed E-state index contributed by atoms with van der Waals surface area (Å²) < 4.78 is 26.4. The molecule has 0 fully saturated rings. The van der Waals surface area contributed by atoms with E-state index < -0.39 is 11.6 Å². The molecule has 0 radical (unpaired) electrons. The average Bonchev–Trinajstić information content (AvgIpc) is 3.09. The second-order valence-electron chi connectivity index (χ2n) is 7.73. The van der Waals surface area contributed by atoms with Crippen molar-refractivity contribution >= 4 is 0 Å². The highest BCUT2D eigenvalue weighted by molar-refractivity contribution is 5.77. The molecule has 2 heteroatoms. The average molecular weight is 386 g/mol. The lowest BCUT2D eigenvalue weighted by atomic mass is 10.00. The van der Waals surface area contributed by atoms with Crippen molar-refractivity contribution in [2.24, 2.45) is 0 Å². The molecule has 1 aliphatic carbocycles. The maximum atomic E-state index is 13.3. The van der Waals surface area contributed by atoms with E-state index in [4.69, 9.17) is 0 Å². The van der Waals surface area contributed by atoms with Gasteiger partial charge in [0.25, 0.3) is 0 Å². The Balaban J connectivity index is 1.50. The smallest absolute Gasteiger partial charge is 0.160 e. The molecular formula is C27H24F2. The molecule has 0 atom stereocenters. The van der Waals surface area contributed by atoms with Gasteiger partial charge in [-0.05, 0) is 77.4 Å². The van der Waals surface area contributed by atoms with Crippen LogP contribution >= 0.6 is 0 Å². The van der Waals surface area contributed by atoms with Crippen LogP contribution in [-0.4, -0.2) is 0 Å². The van der Waals surface area contributed by atoms with Gasteiger partial charge >= 0.3 is 0 Å². The molecule has 0 nitrogen and oxygen atoms in total. The third-order valence-corrected chi connectivity index (χ3v) is 5.54. The Kier molecular flexibility index (Phi) is 5.76. The molecule has 0 unspecified atom stereocenters. The zero-order valence-electron chi connectivity index (χ0n) is 16.7. The van der Waals surface area contributed by atoms with Crippen LogP contribution < -0.4 is 0 Å². The summed E-state index contributed by atoms with van der Waals surface area (Å²) in [6.07, 6.45) is 7.20. The summed E-state index contributed by atoms with van der Waals surface area (Å²) in [6, 6.07) is 16.8. The second kappa shape index (κ2) is 8.62. The topological polar surface area (TPSA) is 0 Å². The van der Waals surface area contributed by atoms with Gasteiger partial charge in [0.05, 0.1) is 0 Å². The first-order valence-electron chi connectivity index (χ1n) is 10.4. The van der Waals surface area contributed by atoms with Crippen LogP contribution in [0.5, 0.6) is 0 Å². The fourth-order valence-corrected chi connectivity index (χ4v) is 3.97. The Morgan fingerprint density at radius 2 is 1.41 bits per heavy atom. The predicted octanol–water partition coefficient (Wildman–Crippen LogP) is 7.06.